The lowest BCUT2D eigenvalue weighted by atomic mass is 9.86. The zero-order chi connectivity index (χ0) is 30.5. The number of ketones is 1. The van der Waals surface area contributed by atoms with Crippen LogP contribution in [-0.4, -0.2) is 56.4 Å². The zero-order valence-electron chi connectivity index (χ0n) is 23.8. The monoisotopic (exact) mass is 568 g/mol. The summed E-state index contributed by atoms with van der Waals surface area (Å²) in [5, 5.41) is 28.2. The van der Waals surface area contributed by atoms with Crippen molar-refractivity contribution in [3.63, 3.8) is 0 Å². The summed E-state index contributed by atoms with van der Waals surface area (Å²) >= 11 is 0. The molecule has 2 unspecified atom stereocenters. The summed E-state index contributed by atoms with van der Waals surface area (Å²) in [6.45, 7) is 6.16. The van der Waals surface area contributed by atoms with Crippen molar-refractivity contribution in [2.45, 2.75) is 65.8 Å². The highest BCUT2D eigenvalue weighted by Gasteiger charge is 2.34. The summed E-state index contributed by atoms with van der Waals surface area (Å²) in [6, 6.07) is 13.8. The molecule has 2 atom stereocenters. The van der Waals surface area contributed by atoms with Gasteiger partial charge in [-0.25, -0.2) is 10.3 Å². The average molecular weight is 569 g/mol. The van der Waals surface area contributed by atoms with Gasteiger partial charge in [-0.05, 0) is 41.5 Å². The van der Waals surface area contributed by atoms with E-state index >= 15 is 0 Å². The number of carbonyl (C=O) groups excluding carboxylic acids is 3. The van der Waals surface area contributed by atoms with E-state index in [-0.39, 0.29) is 24.4 Å². The third kappa shape index (κ3) is 10.1. The Hall–Kier alpha value is -4.05. The molecule has 4 N–H and O–H groups in total. The maximum absolute atomic E-state index is 13.7. The van der Waals surface area contributed by atoms with Crippen molar-refractivity contribution in [2.24, 2.45) is 17.8 Å². The van der Waals surface area contributed by atoms with Crippen molar-refractivity contribution >= 4 is 29.5 Å². The Balaban J connectivity index is 2.32. The van der Waals surface area contributed by atoms with Crippen molar-refractivity contribution in [2.75, 3.05) is 6.54 Å². The number of nitrogens with one attached hydrogen (secondary N) is 1. The number of rotatable bonds is 17. The molecule has 10 nitrogen and oxygen atoms in total. The van der Waals surface area contributed by atoms with E-state index in [1.807, 2.05) is 20.8 Å². The number of hydrogen-bond donors (Lipinski definition) is 4. The van der Waals surface area contributed by atoms with Gasteiger partial charge in [0.1, 0.15) is 5.78 Å². The molecule has 0 aromatic heterocycles. The Morgan fingerprint density at radius 1 is 0.902 bits per heavy atom. The number of unbranched alkanes of at least 4 members (excludes halogenated alkanes) is 2. The van der Waals surface area contributed by atoms with E-state index in [1.165, 1.54) is 11.5 Å². The minimum atomic E-state index is -1.24. The van der Waals surface area contributed by atoms with Crippen LogP contribution in [0, 0.1) is 17.8 Å². The summed E-state index contributed by atoms with van der Waals surface area (Å²) in [4.78, 5) is 63.8. The molecular formula is C31H40N2O8. The van der Waals surface area contributed by atoms with Crippen molar-refractivity contribution in [3.8, 4) is 11.1 Å². The van der Waals surface area contributed by atoms with E-state index in [2.05, 4.69) is 0 Å². The molecule has 10 heteroatoms. The Kier molecular flexibility index (Phi) is 13.2. The third-order valence-electron chi connectivity index (χ3n) is 6.88. The molecule has 2 aromatic carbocycles. The second kappa shape index (κ2) is 16.3. The second-order valence-corrected chi connectivity index (χ2v) is 10.6. The first-order chi connectivity index (χ1) is 19.5. The standard InChI is InChI=1S/C31H40N2O8/c1-4-5-8-15-33(19-21-11-13-22(14-12-21)24-9-6-7-10-25(24)31(39)40)30(38)23(18-28(35)36)17-27(34)26(16-20(2)3)29(37)32-41/h6-7,9-14,20,23,26,41H,4-5,8,15-19H2,1-3H3,(H,32,37)(H,35,36)(H,39,40). The lowest BCUT2D eigenvalue weighted by Gasteiger charge is -2.28. The van der Waals surface area contributed by atoms with Gasteiger partial charge in [-0.2, -0.15) is 0 Å². The van der Waals surface area contributed by atoms with Crippen molar-refractivity contribution < 1.29 is 39.4 Å². The number of Topliss-reactive ketones (excluding diaryl/α,β-unsaturated/α-hetero) is 1. The SMILES string of the molecule is CCCCCN(Cc1ccc(-c2ccccc2C(=O)O)cc1)C(=O)C(CC(=O)O)CC(=O)C(CC(C)C)C(=O)NO. The van der Waals surface area contributed by atoms with Gasteiger partial charge >= 0.3 is 11.9 Å². The Bertz CT molecular complexity index is 1210. The molecule has 2 aromatic rings. The summed E-state index contributed by atoms with van der Waals surface area (Å²) in [5.41, 5.74) is 3.69. The van der Waals surface area contributed by atoms with Crippen molar-refractivity contribution in [1.29, 1.82) is 0 Å². The van der Waals surface area contributed by atoms with E-state index in [1.54, 1.807) is 47.4 Å². The number of benzene rings is 2. The summed E-state index contributed by atoms with van der Waals surface area (Å²) in [5.74, 6) is -6.67. The summed E-state index contributed by atoms with van der Waals surface area (Å²) in [6.07, 6.45) is 1.58. The molecule has 0 spiro atoms. The van der Waals surface area contributed by atoms with E-state index < -0.39 is 54.2 Å². The third-order valence-corrected chi connectivity index (χ3v) is 6.88. The van der Waals surface area contributed by atoms with Gasteiger partial charge in [-0.15, -0.1) is 0 Å². The normalized spacial score (nSPS) is 12.4. The first-order valence-electron chi connectivity index (χ1n) is 13.9. The maximum atomic E-state index is 13.7. The van der Waals surface area contributed by atoms with Crippen LogP contribution in [0.3, 0.4) is 0 Å². The molecule has 41 heavy (non-hydrogen) atoms. The van der Waals surface area contributed by atoms with Gasteiger partial charge in [0.05, 0.1) is 23.8 Å². The van der Waals surface area contributed by atoms with Crippen LogP contribution in [0.5, 0.6) is 0 Å². The van der Waals surface area contributed by atoms with E-state index in [0.29, 0.717) is 24.1 Å². The number of carbonyl (C=O) groups is 5. The topological polar surface area (TPSA) is 161 Å². The van der Waals surface area contributed by atoms with Crippen molar-refractivity contribution in [3.05, 3.63) is 59.7 Å². The fourth-order valence-corrected chi connectivity index (χ4v) is 4.79. The quantitative estimate of drug-likeness (QED) is 0.0917. The fraction of sp³-hybridized carbons (Fsp3) is 0.452. The van der Waals surface area contributed by atoms with Gasteiger partial charge in [0.25, 0.3) is 5.91 Å². The van der Waals surface area contributed by atoms with Gasteiger partial charge < -0.3 is 15.1 Å². The molecule has 0 saturated heterocycles. The molecule has 2 rings (SSSR count). The molecule has 0 radical (unpaired) electrons. The second-order valence-electron chi connectivity index (χ2n) is 10.6. The number of aliphatic carboxylic acids is 1. The number of aromatic carboxylic acids is 1. The average Bonchev–Trinajstić information content (AvgIpc) is 2.94. The van der Waals surface area contributed by atoms with Crippen LogP contribution in [0.4, 0.5) is 0 Å². The minimum absolute atomic E-state index is 0.0501. The number of hydroxylamine groups is 1. The highest BCUT2D eigenvalue weighted by molar-refractivity contribution is 6.02. The molecule has 0 fully saturated rings. The predicted molar refractivity (Wildman–Crippen MR) is 152 cm³/mol. The first-order valence-corrected chi connectivity index (χ1v) is 13.9. The summed E-state index contributed by atoms with van der Waals surface area (Å²) in [7, 11) is 0. The van der Waals surface area contributed by atoms with Gasteiger partial charge in [-0.1, -0.05) is 76.1 Å². The zero-order valence-corrected chi connectivity index (χ0v) is 23.8. The van der Waals surface area contributed by atoms with Crippen LogP contribution in [0.2, 0.25) is 0 Å². The number of hydrogen-bond acceptors (Lipinski definition) is 6. The molecule has 0 aliphatic carbocycles. The predicted octanol–water partition coefficient (Wildman–Crippen LogP) is 4.79. The largest absolute Gasteiger partial charge is 0.481 e. The molecule has 2 amide bonds. The lowest BCUT2D eigenvalue weighted by molar-refractivity contribution is -0.147. The van der Waals surface area contributed by atoms with Crippen LogP contribution >= 0.6 is 0 Å². The van der Waals surface area contributed by atoms with Crippen LogP contribution in [0.25, 0.3) is 11.1 Å². The number of amides is 2. The number of carboxylic acids is 2. The van der Waals surface area contributed by atoms with Crippen LogP contribution in [-0.2, 0) is 25.7 Å². The molecule has 0 bridgehead atoms. The van der Waals surface area contributed by atoms with Crippen LogP contribution in [0.15, 0.2) is 48.5 Å². The van der Waals surface area contributed by atoms with Gasteiger partial charge in [0.15, 0.2) is 0 Å². The van der Waals surface area contributed by atoms with E-state index in [0.717, 1.165) is 18.4 Å². The Morgan fingerprint density at radius 2 is 1.56 bits per heavy atom. The minimum Gasteiger partial charge on any atom is -0.481 e. The van der Waals surface area contributed by atoms with Gasteiger partial charge in [0, 0.05) is 19.5 Å². The van der Waals surface area contributed by atoms with Crippen molar-refractivity contribution in [1.82, 2.24) is 10.4 Å². The highest BCUT2D eigenvalue weighted by atomic mass is 16.5. The first kappa shape index (κ1) is 33.2. The number of nitrogens with zero attached hydrogens (tertiary/aromatic N) is 1. The molecule has 222 valence electrons. The van der Waals surface area contributed by atoms with Crippen LogP contribution in [0.1, 0.15) is 75.2 Å². The molecular weight excluding hydrogens is 528 g/mol. The maximum Gasteiger partial charge on any atom is 0.336 e. The van der Waals surface area contributed by atoms with E-state index in [4.69, 9.17) is 5.21 Å². The Morgan fingerprint density at radius 3 is 2.12 bits per heavy atom. The molecule has 0 saturated carbocycles. The van der Waals surface area contributed by atoms with Gasteiger partial charge in [0.2, 0.25) is 5.91 Å². The summed E-state index contributed by atoms with van der Waals surface area (Å²) < 4.78 is 0. The lowest BCUT2D eigenvalue weighted by Crippen LogP contribution is -2.40. The van der Waals surface area contributed by atoms with Gasteiger partial charge in [-0.3, -0.25) is 24.4 Å². The van der Waals surface area contributed by atoms with E-state index in [9.17, 15) is 34.2 Å². The smallest absolute Gasteiger partial charge is 0.336 e. The number of carboxylic acid groups (broad SMARTS) is 2. The van der Waals surface area contributed by atoms with Crippen LogP contribution < -0.4 is 5.48 Å². The fourth-order valence-electron chi connectivity index (χ4n) is 4.79. The molecule has 0 aliphatic heterocycles. The molecule has 0 aliphatic rings. The molecule has 0 heterocycles. The Labute approximate surface area is 240 Å². The highest BCUT2D eigenvalue weighted by Crippen LogP contribution is 2.26.